The van der Waals surface area contributed by atoms with E-state index in [1.165, 1.54) is 70.9 Å². The molecule has 90 valence electrons. The summed E-state index contributed by atoms with van der Waals surface area (Å²) in [7, 11) is 0. The van der Waals surface area contributed by atoms with Gasteiger partial charge in [0.05, 0.1) is 0 Å². The van der Waals surface area contributed by atoms with Crippen LogP contribution in [0.4, 0.5) is 0 Å². The van der Waals surface area contributed by atoms with Crippen molar-refractivity contribution < 1.29 is 0 Å². The van der Waals surface area contributed by atoms with Gasteiger partial charge in [-0.15, -0.1) is 0 Å². The SMILES string of the molecule is CCCCCN(CCC)C1CCCCC1. The maximum absolute atomic E-state index is 2.77. The van der Waals surface area contributed by atoms with Crippen molar-refractivity contribution in [1.82, 2.24) is 4.90 Å². The fraction of sp³-hybridized carbons (Fsp3) is 1.00. The Balaban J connectivity index is 2.26. The van der Waals surface area contributed by atoms with Crippen LogP contribution in [0.25, 0.3) is 0 Å². The van der Waals surface area contributed by atoms with Gasteiger partial charge >= 0.3 is 0 Å². The van der Waals surface area contributed by atoms with Crippen molar-refractivity contribution >= 4 is 0 Å². The van der Waals surface area contributed by atoms with Crippen LogP contribution in [0.3, 0.4) is 0 Å². The molecule has 0 bridgehead atoms. The first kappa shape index (κ1) is 13.0. The summed E-state index contributed by atoms with van der Waals surface area (Å²) in [6, 6.07) is 0.926. The highest BCUT2D eigenvalue weighted by Gasteiger charge is 2.19. The van der Waals surface area contributed by atoms with Crippen LogP contribution < -0.4 is 0 Å². The summed E-state index contributed by atoms with van der Waals surface area (Å²) < 4.78 is 0. The first-order valence-corrected chi connectivity index (χ1v) is 7.12. The van der Waals surface area contributed by atoms with Gasteiger partial charge in [0, 0.05) is 6.04 Å². The minimum atomic E-state index is 0.926. The van der Waals surface area contributed by atoms with Crippen molar-refractivity contribution in [3.05, 3.63) is 0 Å². The van der Waals surface area contributed by atoms with Crippen molar-refractivity contribution in [2.75, 3.05) is 13.1 Å². The van der Waals surface area contributed by atoms with Crippen molar-refractivity contribution in [3.63, 3.8) is 0 Å². The van der Waals surface area contributed by atoms with E-state index in [4.69, 9.17) is 0 Å². The van der Waals surface area contributed by atoms with E-state index in [0.717, 1.165) is 6.04 Å². The maximum Gasteiger partial charge on any atom is 0.00952 e. The van der Waals surface area contributed by atoms with Crippen molar-refractivity contribution in [2.24, 2.45) is 0 Å². The summed E-state index contributed by atoms with van der Waals surface area (Å²) in [4.78, 5) is 2.77. The van der Waals surface area contributed by atoms with Gasteiger partial charge < -0.3 is 4.90 Å². The average Bonchev–Trinajstić information content (AvgIpc) is 2.29. The quantitative estimate of drug-likeness (QED) is 0.570. The third-order valence-electron chi connectivity index (χ3n) is 3.65. The molecule has 0 aromatic rings. The third kappa shape index (κ3) is 5.01. The van der Waals surface area contributed by atoms with E-state index < -0.39 is 0 Å². The highest BCUT2D eigenvalue weighted by atomic mass is 15.1. The first-order valence-electron chi connectivity index (χ1n) is 7.12. The van der Waals surface area contributed by atoms with E-state index >= 15 is 0 Å². The molecule has 1 aliphatic rings. The van der Waals surface area contributed by atoms with Gasteiger partial charge in [0.25, 0.3) is 0 Å². The monoisotopic (exact) mass is 211 g/mol. The maximum atomic E-state index is 2.77. The highest BCUT2D eigenvalue weighted by Crippen LogP contribution is 2.23. The second-order valence-corrected chi connectivity index (χ2v) is 5.03. The minimum absolute atomic E-state index is 0.926. The van der Waals surface area contributed by atoms with Gasteiger partial charge in [-0.1, -0.05) is 46.0 Å². The van der Waals surface area contributed by atoms with E-state index in [1.807, 2.05) is 0 Å². The fourth-order valence-electron chi connectivity index (χ4n) is 2.78. The first-order chi connectivity index (χ1) is 7.38. The molecule has 0 radical (unpaired) electrons. The summed E-state index contributed by atoms with van der Waals surface area (Å²) in [5.74, 6) is 0. The Hall–Kier alpha value is -0.0400. The smallest absolute Gasteiger partial charge is 0.00952 e. The minimum Gasteiger partial charge on any atom is -0.300 e. The van der Waals surface area contributed by atoms with Gasteiger partial charge in [0.1, 0.15) is 0 Å². The molecule has 0 spiro atoms. The highest BCUT2D eigenvalue weighted by molar-refractivity contribution is 4.75. The number of rotatable bonds is 7. The zero-order valence-corrected chi connectivity index (χ0v) is 10.8. The van der Waals surface area contributed by atoms with E-state index in [-0.39, 0.29) is 0 Å². The van der Waals surface area contributed by atoms with Gasteiger partial charge in [0.15, 0.2) is 0 Å². The predicted molar refractivity (Wildman–Crippen MR) is 68.3 cm³/mol. The van der Waals surface area contributed by atoms with Gasteiger partial charge in [-0.25, -0.2) is 0 Å². The molecule has 0 aromatic heterocycles. The molecule has 0 aromatic carbocycles. The van der Waals surface area contributed by atoms with Gasteiger partial charge in [-0.3, -0.25) is 0 Å². The lowest BCUT2D eigenvalue weighted by molar-refractivity contribution is 0.153. The van der Waals surface area contributed by atoms with Crippen LogP contribution in [0.5, 0.6) is 0 Å². The Morgan fingerprint density at radius 1 is 0.867 bits per heavy atom. The van der Waals surface area contributed by atoms with Crippen LogP contribution in [0.2, 0.25) is 0 Å². The fourth-order valence-corrected chi connectivity index (χ4v) is 2.78. The van der Waals surface area contributed by atoms with E-state index in [0.29, 0.717) is 0 Å². The molecule has 0 atom stereocenters. The topological polar surface area (TPSA) is 3.24 Å². The molecule has 0 heterocycles. The van der Waals surface area contributed by atoms with Crippen LogP contribution in [0.15, 0.2) is 0 Å². The van der Waals surface area contributed by atoms with Gasteiger partial charge in [0.2, 0.25) is 0 Å². The summed E-state index contributed by atoms with van der Waals surface area (Å²) in [6.07, 6.45) is 12.8. The number of nitrogens with zero attached hydrogens (tertiary/aromatic N) is 1. The standard InChI is InChI=1S/C14H29N/c1-3-5-9-13-15(12-4-2)14-10-7-6-8-11-14/h14H,3-13H2,1-2H3. The molecule has 15 heavy (non-hydrogen) atoms. The molecule has 1 saturated carbocycles. The van der Waals surface area contributed by atoms with Crippen LogP contribution in [-0.4, -0.2) is 24.0 Å². The summed E-state index contributed by atoms with van der Waals surface area (Å²) in [5, 5.41) is 0. The van der Waals surface area contributed by atoms with Crippen molar-refractivity contribution in [3.8, 4) is 0 Å². The summed E-state index contributed by atoms with van der Waals surface area (Å²) >= 11 is 0. The molecule has 0 aliphatic heterocycles. The van der Waals surface area contributed by atoms with Crippen LogP contribution in [0, 0.1) is 0 Å². The van der Waals surface area contributed by atoms with Crippen LogP contribution in [0.1, 0.15) is 71.6 Å². The van der Waals surface area contributed by atoms with E-state index in [9.17, 15) is 0 Å². The Labute approximate surface area is 96.2 Å². The second kappa shape index (κ2) is 8.15. The van der Waals surface area contributed by atoms with Crippen LogP contribution >= 0.6 is 0 Å². The molecule has 1 nitrogen and oxygen atoms in total. The summed E-state index contributed by atoms with van der Waals surface area (Å²) in [5.41, 5.74) is 0. The van der Waals surface area contributed by atoms with E-state index in [1.54, 1.807) is 0 Å². The molecule has 0 N–H and O–H groups in total. The van der Waals surface area contributed by atoms with E-state index in [2.05, 4.69) is 18.7 Å². The lowest BCUT2D eigenvalue weighted by atomic mass is 9.94. The Morgan fingerprint density at radius 3 is 2.20 bits per heavy atom. The Bertz CT molecular complexity index is 138. The second-order valence-electron chi connectivity index (χ2n) is 5.03. The lowest BCUT2D eigenvalue weighted by Gasteiger charge is -2.34. The zero-order chi connectivity index (χ0) is 10.9. The van der Waals surface area contributed by atoms with Crippen molar-refractivity contribution in [2.45, 2.75) is 77.7 Å². The number of unbranched alkanes of at least 4 members (excludes halogenated alkanes) is 2. The van der Waals surface area contributed by atoms with Crippen LogP contribution in [-0.2, 0) is 0 Å². The van der Waals surface area contributed by atoms with Gasteiger partial charge in [-0.2, -0.15) is 0 Å². The predicted octanol–water partition coefficient (Wildman–Crippen LogP) is 4.22. The molecular weight excluding hydrogens is 182 g/mol. The Morgan fingerprint density at radius 2 is 1.60 bits per heavy atom. The molecule has 0 unspecified atom stereocenters. The summed E-state index contributed by atoms with van der Waals surface area (Å²) in [6.45, 7) is 7.29. The molecular formula is C14H29N. The molecule has 1 rings (SSSR count). The normalized spacial score (nSPS) is 18.6. The lowest BCUT2D eigenvalue weighted by Crippen LogP contribution is -2.38. The Kier molecular flexibility index (Phi) is 7.08. The van der Waals surface area contributed by atoms with Crippen molar-refractivity contribution in [1.29, 1.82) is 0 Å². The number of hydrogen-bond donors (Lipinski definition) is 0. The average molecular weight is 211 g/mol. The van der Waals surface area contributed by atoms with Gasteiger partial charge in [-0.05, 0) is 38.8 Å². The third-order valence-corrected chi connectivity index (χ3v) is 3.65. The largest absolute Gasteiger partial charge is 0.300 e. The molecule has 1 heteroatoms. The molecule has 1 fully saturated rings. The molecule has 0 amide bonds. The number of hydrogen-bond acceptors (Lipinski definition) is 1. The molecule has 1 aliphatic carbocycles. The zero-order valence-electron chi connectivity index (χ0n) is 10.8. The molecule has 0 saturated heterocycles.